The van der Waals surface area contributed by atoms with Crippen molar-refractivity contribution < 1.29 is 17.9 Å². The minimum atomic E-state index is -3.52. The maximum atomic E-state index is 13.1. The van der Waals surface area contributed by atoms with Crippen molar-refractivity contribution in [2.24, 2.45) is 0 Å². The van der Waals surface area contributed by atoms with Crippen LogP contribution in [0.4, 0.5) is 0 Å². The van der Waals surface area contributed by atoms with Crippen LogP contribution in [0.15, 0.2) is 29.2 Å². The van der Waals surface area contributed by atoms with E-state index in [4.69, 9.17) is 4.74 Å². The summed E-state index contributed by atoms with van der Waals surface area (Å²) in [5.74, 6) is 0.0553. The Kier molecular flexibility index (Phi) is 5.53. The lowest BCUT2D eigenvalue weighted by atomic mass is 9.93. The molecule has 0 spiro atoms. The van der Waals surface area contributed by atoms with Crippen LogP contribution in [-0.2, 0) is 14.8 Å². The van der Waals surface area contributed by atoms with Crippen molar-refractivity contribution in [1.82, 2.24) is 9.21 Å². The Balaban J connectivity index is 1.51. The van der Waals surface area contributed by atoms with E-state index < -0.39 is 10.0 Å². The Morgan fingerprint density at radius 2 is 1.52 bits per heavy atom. The van der Waals surface area contributed by atoms with Gasteiger partial charge in [-0.3, -0.25) is 4.79 Å². The summed E-state index contributed by atoms with van der Waals surface area (Å²) in [6.45, 7) is 1.60. The molecule has 1 amide bonds. The van der Waals surface area contributed by atoms with Crippen molar-refractivity contribution in [3.05, 3.63) is 29.8 Å². The van der Waals surface area contributed by atoms with Gasteiger partial charge < -0.3 is 9.64 Å². The summed E-state index contributed by atoms with van der Waals surface area (Å²) in [6, 6.07) is 7.21. The number of carbonyl (C=O) groups is 1. The standard InChI is InChI=1S/C20H28N2O4S/c23-20(22(18-8-9-18)17-4-2-1-3-5-17)16-6-10-19(11-7-16)27(24,25)21-12-14-26-15-13-21/h6-7,10-11,17-18H,1-5,8-9,12-15H2. The molecule has 0 radical (unpaired) electrons. The Morgan fingerprint density at radius 1 is 0.926 bits per heavy atom. The Bertz CT molecular complexity index is 762. The molecule has 2 saturated carbocycles. The number of hydrogen-bond acceptors (Lipinski definition) is 4. The number of nitrogens with zero attached hydrogens (tertiary/aromatic N) is 2. The Labute approximate surface area is 161 Å². The molecule has 1 aromatic carbocycles. The number of carbonyl (C=O) groups excluding carboxylic acids is 1. The van der Waals surface area contributed by atoms with Crippen molar-refractivity contribution >= 4 is 15.9 Å². The van der Waals surface area contributed by atoms with E-state index in [0.29, 0.717) is 44.0 Å². The van der Waals surface area contributed by atoms with Gasteiger partial charge >= 0.3 is 0 Å². The van der Waals surface area contributed by atoms with Crippen molar-refractivity contribution in [3.8, 4) is 0 Å². The minimum Gasteiger partial charge on any atom is -0.379 e. The third-order valence-corrected chi connectivity index (χ3v) is 7.76. The van der Waals surface area contributed by atoms with Crippen LogP contribution in [-0.4, -0.2) is 61.9 Å². The summed E-state index contributed by atoms with van der Waals surface area (Å²) in [5.41, 5.74) is 0.591. The largest absolute Gasteiger partial charge is 0.379 e. The van der Waals surface area contributed by atoms with Gasteiger partial charge in [0.2, 0.25) is 10.0 Å². The van der Waals surface area contributed by atoms with Crippen molar-refractivity contribution in [1.29, 1.82) is 0 Å². The number of amides is 1. The van der Waals surface area contributed by atoms with Gasteiger partial charge in [0, 0.05) is 30.7 Å². The number of benzene rings is 1. The molecule has 27 heavy (non-hydrogen) atoms. The van der Waals surface area contributed by atoms with E-state index in [0.717, 1.165) is 25.7 Å². The van der Waals surface area contributed by atoms with Gasteiger partial charge in [-0.05, 0) is 49.9 Å². The van der Waals surface area contributed by atoms with Gasteiger partial charge in [0.25, 0.3) is 5.91 Å². The molecule has 0 N–H and O–H groups in total. The Hall–Kier alpha value is -1.44. The molecule has 0 unspecified atom stereocenters. The lowest BCUT2D eigenvalue weighted by Gasteiger charge is -2.34. The maximum absolute atomic E-state index is 13.1. The number of hydrogen-bond donors (Lipinski definition) is 0. The monoisotopic (exact) mass is 392 g/mol. The SMILES string of the molecule is O=C(c1ccc(S(=O)(=O)N2CCOCC2)cc1)N(C1CCCCC1)C1CC1. The molecular weight excluding hydrogens is 364 g/mol. The summed E-state index contributed by atoms with van der Waals surface area (Å²) in [6.07, 6.45) is 8.00. The fourth-order valence-corrected chi connectivity index (χ4v) is 5.60. The predicted octanol–water partition coefficient (Wildman–Crippen LogP) is 2.64. The first-order chi connectivity index (χ1) is 13.1. The number of ether oxygens (including phenoxy) is 1. The van der Waals surface area contributed by atoms with E-state index in [1.165, 1.54) is 23.6 Å². The first-order valence-electron chi connectivity index (χ1n) is 10.1. The van der Waals surface area contributed by atoms with Crippen LogP contribution in [0.5, 0.6) is 0 Å². The zero-order valence-corrected chi connectivity index (χ0v) is 16.5. The molecule has 1 saturated heterocycles. The van der Waals surface area contributed by atoms with Crippen LogP contribution >= 0.6 is 0 Å². The highest BCUT2D eigenvalue weighted by atomic mass is 32.2. The van der Waals surface area contributed by atoms with Gasteiger partial charge in [0.1, 0.15) is 0 Å². The zero-order chi connectivity index (χ0) is 18.9. The highest BCUT2D eigenvalue weighted by Crippen LogP contribution is 2.35. The van der Waals surface area contributed by atoms with Crippen LogP contribution < -0.4 is 0 Å². The first-order valence-corrected chi connectivity index (χ1v) is 11.5. The van der Waals surface area contributed by atoms with E-state index in [1.54, 1.807) is 24.3 Å². The topological polar surface area (TPSA) is 66.9 Å². The average Bonchev–Trinajstić information content (AvgIpc) is 3.55. The molecule has 1 heterocycles. The molecule has 6 nitrogen and oxygen atoms in total. The summed E-state index contributed by atoms with van der Waals surface area (Å²) in [7, 11) is -3.52. The van der Waals surface area contributed by atoms with E-state index >= 15 is 0 Å². The maximum Gasteiger partial charge on any atom is 0.254 e. The van der Waals surface area contributed by atoms with Crippen molar-refractivity contribution in [3.63, 3.8) is 0 Å². The van der Waals surface area contributed by atoms with Crippen LogP contribution in [0.1, 0.15) is 55.3 Å². The molecule has 0 atom stereocenters. The fourth-order valence-electron chi connectivity index (χ4n) is 4.20. The summed E-state index contributed by atoms with van der Waals surface area (Å²) >= 11 is 0. The van der Waals surface area contributed by atoms with Crippen molar-refractivity contribution in [2.45, 2.75) is 61.9 Å². The van der Waals surface area contributed by atoms with Crippen molar-refractivity contribution in [2.75, 3.05) is 26.3 Å². The quantitative estimate of drug-likeness (QED) is 0.773. The van der Waals surface area contributed by atoms with Gasteiger partial charge in [-0.2, -0.15) is 4.31 Å². The first kappa shape index (κ1) is 18.9. The normalized spacial score (nSPS) is 22.5. The minimum absolute atomic E-state index is 0.0553. The molecule has 148 valence electrons. The number of morpholine rings is 1. The van der Waals surface area contributed by atoms with Crippen LogP contribution in [0.3, 0.4) is 0 Å². The van der Waals surface area contributed by atoms with E-state index in [2.05, 4.69) is 4.90 Å². The zero-order valence-electron chi connectivity index (χ0n) is 15.7. The molecule has 2 aliphatic carbocycles. The highest BCUT2D eigenvalue weighted by Gasteiger charge is 2.38. The second kappa shape index (κ2) is 7.89. The molecular formula is C20H28N2O4S. The fraction of sp³-hybridized carbons (Fsp3) is 0.650. The third-order valence-electron chi connectivity index (χ3n) is 5.85. The molecule has 0 aromatic heterocycles. The molecule has 7 heteroatoms. The van der Waals surface area contributed by atoms with Gasteiger partial charge in [0.05, 0.1) is 18.1 Å². The molecule has 0 bridgehead atoms. The average molecular weight is 393 g/mol. The van der Waals surface area contributed by atoms with Crippen LogP contribution in [0.25, 0.3) is 0 Å². The highest BCUT2D eigenvalue weighted by molar-refractivity contribution is 7.89. The molecule has 1 aromatic rings. The second-order valence-corrected chi connectivity index (χ2v) is 9.71. The lowest BCUT2D eigenvalue weighted by molar-refractivity contribution is 0.0614. The molecule has 1 aliphatic heterocycles. The third kappa shape index (κ3) is 4.05. The van der Waals surface area contributed by atoms with E-state index in [1.807, 2.05) is 0 Å². The van der Waals surface area contributed by atoms with Crippen LogP contribution in [0.2, 0.25) is 0 Å². The van der Waals surface area contributed by atoms with E-state index in [9.17, 15) is 13.2 Å². The van der Waals surface area contributed by atoms with Gasteiger partial charge in [0.15, 0.2) is 0 Å². The summed E-state index contributed by atoms with van der Waals surface area (Å²) in [5, 5.41) is 0. The molecule has 3 aliphatic rings. The van der Waals surface area contributed by atoms with Gasteiger partial charge in [-0.15, -0.1) is 0 Å². The lowest BCUT2D eigenvalue weighted by Crippen LogP contribution is -2.43. The predicted molar refractivity (Wildman–Crippen MR) is 102 cm³/mol. The smallest absolute Gasteiger partial charge is 0.254 e. The van der Waals surface area contributed by atoms with E-state index in [-0.39, 0.29) is 10.8 Å². The number of sulfonamides is 1. The van der Waals surface area contributed by atoms with Gasteiger partial charge in [-0.1, -0.05) is 19.3 Å². The second-order valence-electron chi connectivity index (χ2n) is 7.78. The molecule has 3 fully saturated rings. The summed E-state index contributed by atoms with van der Waals surface area (Å²) in [4.78, 5) is 15.5. The van der Waals surface area contributed by atoms with Gasteiger partial charge in [-0.25, -0.2) is 8.42 Å². The summed E-state index contributed by atoms with van der Waals surface area (Å²) < 4.78 is 32.2. The van der Waals surface area contributed by atoms with Crippen LogP contribution in [0, 0.1) is 0 Å². The number of rotatable bonds is 5. The Morgan fingerprint density at radius 3 is 2.11 bits per heavy atom. The molecule has 4 rings (SSSR count).